The van der Waals surface area contributed by atoms with Crippen LogP contribution in [0.15, 0.2) is 12.1 Å². The second-order valence-corrected chi connectivity index (χ2v) is 2.92. The molecule has 0 spiro atoms. The van der Waals surface area contributed by atoms with Crippen LogP contribution in [-0.4, -0.2) is 30.3 Å². The number of hydrogen-bond acceptors (Lipinski definition) is 5. The van der Waals surface area contributed by atoms with Crippen molar-refractivity contribution in [2.45, 2.75) is 13.2 Å². The highest BCUT2D eigenvalue weighted by atomic mass is 16.5. The van der Waals surface area contributed by atoms with Crippen LogP contribution in [0, 0.1) is 0 Å². The molecule has 1 N–H and O–H groups in total. The number of ether oxygens (including phenoxy) is 2. The summed E-state index contributed by atoms with van der Waals surface area (Å²) in [6, 6.07) is 3.07. The van der Waals surface area contributed by atoms with Gasteiger partial charge in [0.25, 0.3) is 0 Å². The number of aliphatic hydroxyl groups is 1. The van der Waals surface area contributed by atoms with Crippen LogP contribution in [0.25, 0.3) is 0 Å². The first-order valence-electron chi connectivity index (χ1n) is 4.39. The van der Waals surface area contributed by atoms with Crippen molar-refractivity contribution in [1.82, 2.24) is 4.98 Å². The highest BCUT2D eigenvalue weighted by Gasteiger charge is 2.09. The van der Waals surface area contributed by atoms with E-state index in [0.717, 1.165) is 0 Å². The van der Waals surface area contributed by atoms with E-state index in [-0.39, 0.29) is 13.2 Å². The summed E-state index contributed by atoms with van der Waals surface area (Å²) >= 11 is 0. The molecular weight excluding hydrogens is 198 g/mol. The van der Waals surface area contributed by atoms with Gasteiger partial charge in [-0.15, -0.1) is 0 Å². The molecule has 0 aliphatic heterocycles. The molecule has 1 aromatic rings. The van der Waals surface area contributed by atoms with Crippen LogP contribution >= 0.6 is 0 Å². The van der Waals surface area contributed by atoms with E-state index in [1.165, 1.54) is 20.3 Å². The van der Waals surface area contributed by atoms with E-state index in [2.05, 4.69) is 9.72 Å². The van der Waals surface area contributed by atoms with Crippen LogP contribution in [-0.2, 0) is 22.7 Å². The van der Waals surface area contributed by atoms with Crippen molar-refractivity contribution in [1.29, 1.82) is 0 Å². The summed E-state index contributed by atoms with van der Waals surface area (Å²) in [5.41, 5.74) is 1.37. The lowest BCUT2D eigenvalue weighted by atomic mass is 10.2. The average molecular weight is 211 g/mol. The van der Waals surface area contributed by atoms with Crippen LogP contribution in [0.2, 0.25) is 0 Å². The minimum atomic E-state index is -0.454. The Labute approximate surface area is 87.7 Å². The fraction of sp³-hybridized carbons (Fsp3) is 0.400. The van der Waals surface area contributed by atoms with E-state index in [0.29, 0.717) is 17.0 Å². The molecule has 0 aliphatic rings. The van der Waals surface area contributed by atoms with Crippen LogP contribution in [0.1, 0.15) is 21.7 Å². The number of methoxy groups -OCH3 is 2. The van der Waals surface area contributed by atoms with Crippen LogP contribution in [0.5, 0.6) is 0 Å². The molecule has 0 fully saturated rings. The van der Waals surface area contributed by atoms with Gasteiger partial charge in [0.05, 0.1) is 37.3 Å². The zero-order chi connectivity index (χ0) is 11.3. The first kappa shape index (κ1) is 11.6. The van der Waals surface area contributed by atoms with Crippen LogP contribution in [0.3, 0.4) is 0 Å². The molecule has 0 saturated heterocycles. The SMILES string of the molecule is COCc1cc(C(=O)OC)cc(CO)n1. The highest BCUT2D eigenvalue weighted by Crippen LogP contribution is 2.08. The molecule has 0 saturated carbocycles. The predicted octanol–water partition coefficient (Wildman–Crippen LogP) is 0.507. The second-order valence-electron chi connectivity index (χ2n) is 2.92. The number of hydrogen-bond donors (Lipinski definition) is 1. The molecule has 0 radical (unpaired) electrons. The maximum Gasteiger partial charge on any atom is 0.337 e. The minimum Gasteiger partial charge on any atom is -0.465 e. The fourth-order valence-electron chi connectivity index (χ4n) is 1.19. The molecule has 0 aliphatic carbocycles. The van der Waals surface area contributed by atoms with Crippen molar-refractivity contribution >= 4 is 5.97 Å². The summed E-state index contributed by atoms with van der Waals surface area (Å²) in [4.78, 5) is 15.3. The lowest BCUT2D eigenvalue weighted by molar-refractivity contribution is 0.0600. The first-order chi connectivity index (χ1) is 7.21. The maximum atomic E-state index is 11.3. The Morgan fingerprint density at radius 2 is 2.07 bits per heavy atom. The molecule has 0 atom stereocenters. The summed E-state index contributed by atoms with van der Waals surface area (Å²) < 4.78 is 9.48. The van der Waals surface area contributed by atoms with E-state index in [4.69, 9.17) is 9.84 Å². The van der Waals surface area contributed by atoms with Gasteiger partial charge in [-0.3, -0.25) is 4.98 Å². The molecular formula is C10H13NO4. The van der Waals surface area contributed by atoms with Gasteiger partial charge >= 0.3 is 5.97 Å². The molecule has 5 heteroatoms. The van der Waals surface area contributed by atoms with Gasteiger partial charge in [0.2, 0.25) is 0 Å². The predicted molar refractivity (Wildman–Crippen MR) is 52.2 cm³/mol. The summed E-state index contributed by atoms with van der Waals surface area (Å²) in [5, 5.41) is 8.95. The van der Waals surface area contributed by atoms with E-state index >= 15 is 0 Å². The topological polar surface area (TPSA) is 68.7 Å². The standard InChI is InChI=1S/C10H13NO4/c1-14-6-9-4-7(10(13)15-2)3-8(5-12)11-9/h3-4,12H,5-6H2,1-2H3. The number of pyridine rings is 1. The third-order valence-corrected chi connectivity index (χ3v) is 1.81. The lowest BCUT2D eigenvalue weighted by Gasteiger charge is -2.05. The Morgan fingerprint density at radius 1 is 1.40 bits per heavy atom. The Bertz CT molecular complexity index is 351. The Morgan fingerprint density at radius 3 is 2.60 bits per heavy atom. The second kappa shape index (κ2) is 5.43. The molecule has 5 nitrogen and oxygen atoms in total. The van der Waals surface area contributed by atoms with Gasteiger partial charge in [0, 0.05) is 7.11 Å². The van der Waals surface area contributed by atoms with E-state index in [9.17, 15) is 4.79 Å². The number of aromatic nitrogens is 1. The minimum absolute atomic E-state index is 0.221. The monoisotopic (exact) mass is 211 g/mol. The van der Waals surface area contributed by atoms with Crippen LogP contribution < -0.4 is 0 Å². The lowest BCUT2D eigenvalue weighted by Crippen LogP contribution is -2.06. The van der Waals surface area contributed by atoms with Crippen molar-refractivity contribution in [3.8, 4) is 0 Å². The van der Waals surface area contributed by atoms with E-state index in [1.807, 2.05) is 0 Å². The van der Waals surface area contributed by atoms with Crippen molar-refractivity contribution in [2.75, 3.05) is 14.2 Å². The van der Waals surface area contributed by atoms with Gasteiger partial charge in [0.15, 0.2) is 0 Å². The van der Waals surface area contributed by atoms with Gasteiger partial charge < -0.3 is 14.6 Å². The quantitative estimate of drug-likeness (QED) is 0.735. The highest BCUT2D eigenvalue weighted by molar-refractivity contribution is 5.89. The molecule has 0 unspecified atom stereocenters. The van der Waals surface area contributed by atoms with Gasteiger partial charge in [-0.1, -0.05) is 0 Å². The van der Waals surface area contributed by atoms with E-state index in [1.54, 1.807) is 6.07 Å². The molecule has 1 heterocycles. The van der Waals surface area contributed by atoms with Crippen LogP contribution in [0.4, 0.5) is 0 Å². The van der Waals surface area contributed by atoms with Crippen molar-refractivity contribution in [3.63, 3.8) is 0 Å². The zero-order valence-electron chi connectivity index (χ0n) is 8.69. The van der Waals surface area contributed by atoms with Gasteiger partial charge in [-0.2, -0.15) is 0 Å². The van der Waals surface area contributed by atoms with Gasteiger partial charge in [-0.05, 0) is 12.1 Å². The summed E-state index contributed by atoms with van der Waals surface area (Å²) in [7, 11) is 2.84. The maximum absolute atomic E-state index is 11.3. The third-order valence-electron chi connectivity index (χ3n) is 1.81. The smallest absolute Gasteiger partial charge is 0.337 e. The molecule has 0 aromatic carbocycles. The van der Waals surface area contributed by atoms with Gasteiger partial charge in [-0.25, -0.2) is 4.79 Å². The summed E-state index contributed by atoms with van der Waals surface area (Å²) in [5.74, 6) is -0.454. The largest absolute Gasteiger partial charge is 0.465 e. The summed E-state index contributed by atoms with van der Waals surface area (Å²) in [6.45, 7) is 0.0688. The van der Waals surface area contributed by atoms with E-state index < -0.39 is 5.97 Å². The Kier molecular flexibility index (Phi) is 4.20. The first-order valence-corrected chi connectivity index (χ1v) is 4.39. The molecule has 82 valence electrons. The Hall–Kier alpha value is -1.46. The normalized spacial score (nSPS) is 10.1. The van der Waals surface area contributed by atoms with Crippen molar-refractivity contribution < 1.29 is 19.4 Å². The van der Waals surface area contributed by atoms with Crippen molar-refractivity contribution in [2.24, 2.45) is 0 Å². The number of carbonyl (C=O) groups excluding carboxylic acids is 1. The molecule has 0 amide bonds. The number of nitrogens with zero attached hydrogens (tertiary/aromatic N) is 1. The number of rotatable bonds is 4. The summed E-state index contributed by atoms with van der Waals surface area (Å²) in [6.07, 6.45) is 0. The third kappa shape index (κ3) is 3.00. The molecule has 15 heavy (non-hydrogen) atoms. The van der Waals surface area contributed by atoms with Gasteiger partial charge in [0.1, 0.15) is 0 Å². The fourth-order valence-corrected chi connectivity index (χ4v) is 1.19. The number of carbonyl (C=O) groups is 1. The number of esters is 1. The average Bonchev–Trinajstić information content (AvgIpc) is 2.28. The molecule has 1 aromatic heterocycles. The molecule has 0 bridgehead atoms. The number of aliphatic hydroxyl groups excluding tert-OH is 1. The molecule has 1 rings (SSSR count). The Balaban J connectivity index is 3.05. The zero-order valence-corrected chi connectivity index (χ0v) is 8.69. The van der Waals surface area contributed by atoms with Crippen molar-refractivity contribution in [3.05, 3.63) is 29.1 Å².